The predicted molar refractivity (Wildman–Crippen MR) is 70.7 cm³/mol. The Labute approximate surface area is 104 Å². The van der Waals surface area contributed by atoms with Crippen LogP contribution in [0.1, 0.15) is 41.0 Å². The van der Waals surface area contributed by atoms with E-state index in [9.17, 15) is 4.79 Å². The molecule has 3 nitrogen and oxygen atoms in total. The van der Waals surface area contributed by atoms with E-state index in [0.29, 0.717) is 11.0 Å². The minimum atomic E-state index is 0.194. The number of amides is 1. The van der Waals surface area contributed by atoms with Gasteiger partial charge in [0.25, 0.3) is 0 Å². The minimum absolute atomic E-state index is 0.194. The Morgan fingerprint density at radius 2 is 1.69 bits per heavy atom. The van der Waals surface area contributed by atoms with Crippen molar-refractivity contribution in [3.8, 4) is 0 Å². The molecule has 0 aromatic carbocycles. The zero-order valence-electron chi connectivity index (χ0n) is 11.1. The largest absolute Gasteiger partial charge is 0.396 e. The summed E-state index contributed by atoms with van der Waals surface area (Å²) in [7, 11) is 0. The maximum absolute atomic E-state index is 12.0. The van der Waals surface area contributed by atoms with Crippen molar-refractivity contribution in [2.24, 2.45) is 0 Å². The van der Waals surface area contributed by atoms with Crippen molar-refractivity contribution in [2.45, 2.75) is 58.4 Å². The zero-order valence-corrected chi connectivity index (χ0v) is 11.9. The second kappa shape index (κ2) is 7.96. The maximum Gasteiger partial charge on any atom is 0.233 e. The van der Waals surface area contributed by atoms with Crippen LogP contribution in [-0.4, -0.2) is 45.6 Å². The molecule has 4 heteroatoms. The van der Waals surface area contributed by atoms with Crippen molar-refractivity contribution >= 4 is 17.7 Å². The molecule has 0 aromatic rings. The van der Waals surface area contributed by atoms with E-state index in [0.717, 1.165) is 6.42 Å². The number of carbonyl (C=O) groups is 1. The highest BCUT2D eigenvalue weighted by Crippen LogP contribution is 2.16. The molecule has 0 spiro atoms. The average Bonchev–Trinajstić information content (AvgIpc) is 2.14. The third-order valence-electron chi connectivity index (χ3n) is 2.43. The van der Waals surface area contributed by atoms with Gasteiger partial charge in [-0.2, -0.15) is 0 Å². The summed E-state index contributed by atoms with van der Waals surface area (Å²) in [5.74, 6) is 0.706. The van der Waals surface area contributed by atoms with Gasteiger partial charge in [-0.1, -0.05) is 6.92 Å². The third kappa shape index (κ3) is 5.75. The van der Waals surface area contributed by atoms with Gasteiger partial charge in [0.2, 0.25) is 5.91 Å². The summed E-state index contributed by atoms with van der Waals surface area (Å²) in [4.78, 5) is 13.9. The Morgan fingerprint density at radius 3 is 2.06 bits per heavy atom. The molecule has 0 saturated heterocycles. The topological polar surface area (TPSA) is 40.5 Å². The normalized spacial score (nSPS) is 13.2. The molecule has 1 unspecified atom stereocenters. The van der Waals surface area contributed by atoms with Gasteiger partial charge in [-0.3, -0.25) is 4.79 Å². The Morgan fingerprint density at radius 1 is 1.19 bits per heavy atom. The minimum Gasteiger partial charge on any atom is -0.396 e. The van der Waals surface area contributed by atoms with Crippen LogP contribution in [0.25, 0.3) is 0 Å². The number of hydrogen-bond acceptors (Lipinski definition) is 3. The number of rotatable bonds is 7. The van der Waals surface area contributed by atoms with E-state index in [1.165, 1.54) is 0 Å². The molecule has 16 heavy (non-hydrogen) atoms. The van der Waals surface area contributed by atoms with Gasteiger partial charge in [0.1, 0.15) is 0 Å². The maximum atomic E-state index is 12.0. The van der Waals surface area contributed by atoms with Gasteiger partial charge in [-0.25, -0.2) is 0 Å². The number of nitrogens with zero attached hydrogens (tertiary/aromatic N) is 1. The lowest BCUT2D eigenvalue weighted by Crippen LogP contribution is -2.43. The van der Waals surface area contributed by atoms with E-state index >= 15 is 0 Å². The van der Waals surface area contributed by atoms with E-state index in [1.807, 2.05) is 39.5 Å². The van der Waals surface area contributed by atoms with Gasteiger partial charge in [0, 0.05) is 23.9 Å². The summed E-state index contributed by atoms with van der Waals surface area (Å²) >= 11 is 1.62. The first-order valence-corrected chi connectivity index (χ1v) is 6.98. The molecule has 0 bridgehead atoms. The molecule has 96 valence electrons. The quantitative estimate of drug-likeness (QED) is 0.749. The number of carbonyl (C=O) groups excluding carboxylic acids is 1. The van der Waals surface area contributed by atoms with Gasteiger partial charge in [0.05, 0.1) is 5.75 Å². The molecule has 0 aromatic heterocycles. The Bertz CT molecular complexity index is 199. The number of thioether (sulfide) groups is 1. The van der Waals surface area contributed by atoms with Crippen LogP contribution in [0.15, 0.2) is 0 Å². The summed E-state index contributed by atoms with van der Waals surface area (Å²) in [6.45, 7) is 10.4. The van der Waals surface area contributed by atoms with Gasteiger partial charge in [-0.15, -0.1) is 11.8 Å². The number of aliphatic hydroxyl groups is 1. The van der Waals surface area contributed by atoms with Crippen LogP contribution in [-0.2, 0) is 4.79 Å². The van der Waals surface area contributed by atoms with Gasteiger partial charge < -0.3 is 10.0 Å². The van der Waals surface area contributed by atoms with Crippen molar-refractivity contribution in [3.63, 3.8) is 0 Å². The van der Waals surface area contributed by atoms with Crippen LogP contribution in [0.3, 0.4) is 0 Å². The molecule has 0 aliphatic rings. The van der Waals surface area contributed by atoms with Gasteiger partial charge >= 0.3 is 0 Å². The Balaban J connectivity index is 4.11. The molecule has 1 atom stereocenters. The van der Waals surface area contributed by atoms with Crippen molar-refractivity contribution < 1.29 is 9.90 Å². The molecular formula is C12H25NO2S. The van der Waals surface area contributed by atoms with Crippen LogP contribution in [0.4, 0.5) is 0 Å². The summed E-state index contributed by atoms with van der Waals surface area (Å²) < 4.78 is 0. The van der Waals surface area contributed by atoms with Crippen molar-refractivity contribution in [2.75, 3.05) is 12.4 Å². The molecule has 0 aliphatic heterocycles. The summed E-state index contributed by atoms with van der Waals surface area (Å²) in [6, 6.07) is 0.502. The lowest BCUT2D eigenvalue weighted by molar-refractivity contribution is -0.131. The highest BCUT2D eigenvalue weighted by atomic mass is 32.2. The molecule has 1 amide bonds. The fourth-order valence-corrected chi connectivity index (χ4v) is 2.57. The standard InChI is InChI=1S/C12H25NO2S/c1-9(2)13(10(3)4)12(15)8-16-11(5)6-7-14/h9-11,14H,6-8H2,1-5H3. The number of aliphatic hydroxyl groups excluding tert-OH is 1. The average molecular weight is 247 g/mol. The lowest BCUT2D eigenvalue weighted by Gasteiger charge is -2.31. The second-order valence-electron chi connectivity index (χ2n) is 4.62. The van der Waals surface area contributed by atoms with Crippen LogP contribution >= 0.6 is 11.8 Å². The molecule has 0 saturated carbocycles. The SMILES string of the molecule is CC(CCO)SCC(=O)N(C(C)C)C(C)C. The van der Waals surface area contributed by atoms with E-state index in [2.05, 4.69) is 0 Å². The summed E-state index contributed by atoms with van der Waals surface area (Å²) in [5, 5.41) is 9.12. The first-order valence-electron chi connectivity index (χ1n) is 5.93. The number of hydrogen-bond donors (Lipinski definition) is 1. The van der Waals surface area contributed by atoms with Crippen molar-refractivity contribution in [3.05, 3.63) is 0 Å². The molecular weight excluding hydrogens is 222 g/mol. The summed E-state index contributed by atoms with van der Waals surface area (Å²) in [5.41, 5.74) is 0. The summed E-state index contributed by atoms with van der Waals surface area (Å²) in [6.07, 6.45) is 0.751. The molecule has 0 heterocycles. The van der Waals surface area contributed by atoms with Crippen LogP contribution in [0.2, 0.25) is 0 Å². The highest BCUT2D eigenvalue weighted by molar-refractivity contribution is 8.00. The third-order valence-corrected chi connectivity index (χ3v) is 3.65. The van der Waals surface area contributed by atoms with Crippen molar-refractivity contribution in [1.82, 2.24) is 4.90 Å². The molecule has 0 radical (unpaired) electrons. The van der Waals surface area contributed by atoms with Crippen LogP contribution in [0.5, 0.6) is 0 Å². The van der Waals surface area contributed by atoms with E-state index in [1.54, 1.807) is 11.8 Å². The second-order valence-corrected chi connectivity index (χ2v) is 6.05. The van der Waals surface area contributed by atoms with E-state index in [-0.39, 0.29) is 24.6 Å². The smallest absolute Gasteiger partial charge is 0.233 e. The molecule has 0 rings (SSSR count). The first kappa shape index (κ1) is 15.8. The fourth-order valence-electron chi connectivity index (χ4n) is 1.73. The lowest BCUT2D eigenvalue weighted by atomic mass is 10.2. The predicted octanol–water partition coefficient (Wildman–Crippen LogP) is 2.14. The van der Waals surface area contributed by atoms with E-state index in [4.69, 9.17) is 5.11 Å². The highest BCUT2D eigenvalue weighted by Gasteiger charge is 2.20. The van der Waals surface area contributed by atoms with Gasteiger partial charge in [0.15, 0.2) is 0 Å². The Hall–Kier alpha value is -0.220. The van der Waals surface area contributed by atoms with Gasteiger partial charge in [-0.05, 0) is 34.1 Å². The molecule has 0 aliphatic carbocycles. The molecule has 1 N–H and O–H groups in total. The monoisotopic (exact) mass is 247 g/mol. The first-order chi connectivity index (χ1) is 7.40. The van der Waals surface area contributed by atoms with Crippen LogP contribution in [0, 0.1) is 0 Å². The van der Waals surface area contributed by atoms with Crippen molar-refractivity contribution in [1.29, 1.82) is 0 Å². The van der Waals surface area contributed by atoms with E-state index < -0.39 is 0 Å². The molecule has 0 fully saturated rings. The van der Waals surface area contributed by atoms with Crippen LogP contribution < -0.4 is 0 Å². The Kier molecular flexibility index (Phi) is 7.85. The fraction of sp³-hybridized carbons (Fsp3) is 0.917. The zero-order chi connectivity index (χ0) is 12.7.